The summed E-state index contributed by atoms with van der Waals surface area (Å²) in [6.07, 6.45) is 5.41. The molecule has 1 fully saturated rings. The molecule has 1 aromatic carbocycles. The highest BCUT2D eigenvalue weighted by atomic mass is 16.5. The number of aromatic amines is 1. The molecule has 0 radical (unpaired) electrons. The second-order valence-corrected chi connectivity index (χ2v) is 5.84. The number of nitrogens with one attached hydrogen (secondary N) is 1. The van der Waals surface area contributed by atoms with Gasteiger partial charge in [-0.15, -0.1) is 0 Å². The maximum absolute atomic E-state index is 5.98. The molecule has 2 aromatic rings. The van der Waals surface area contributed by atoms with Gasteiger partial charge in [0.05, 0.1) is 12.7 Å². The van der Waals surface area contributed by atoms with Crippen molar-refractivity contribution in [2.45, 2.75) is 26.4 Å². The molecule has 1 N–H and O–H groups in total. The smallest absolute Gasteiger partial charge is 0.0898 e. The van der Waals surface area contributed by atoms with E-state index in [1.165, 1.54) is 27.6 Å². The first-order valence-electron chi connectivity index (χ1n) is 7.15. The van der Waals surface area contributed by atoms with Gasteiger partial charge in [-0.05, 0) is 55.0 Å². The highest BCUT2D eigenvalue weighted by Gasteiger charge is 2.31. The Bertz CT molecular complexity index is 661. The predicted molar refractivity (Wildman–Crippen MR) is 83.7 cm³/mol. The molecule has 1 aliphatic heterocycles. The Morgan fingerprint density at radius 2 is 2.25 bits per heavy atom. The molecule has 0 bridgehead atoms. The molecule has 2 heteroatoms. The van der Waals surface area contributed by atoms with E-state index in [1.54, 1.807) is 0 Å². The molecule has 2 heterocycles. The van der Waals surface area contributed by atoms with Crippen molar-refractivity contribution < 1.29 is 4.74 Å². The highest BCUT2D eigenvalue weighted by molar-refractivity contribution is 5.80. The minimum Gasteiger partial charge on any atom is -0.369 e. The molecule has 1 aliphatic rings. The fourth-order valence-electron chi connectivity index (χ4n) is 2.86. The monoisotopic (exact) mass is 267 g/mol. The molecule has 20 heavy (non-hydrogen) atoms. The van der Waals surface area contributed by atoms with E-state index in [4.69, 9.17) is 4.74 Å². The SMILES string of the molecule is C=C1COC(c2ccc3[nH]ccc3c2)C1CC=C(C)C. The first kappa shape index (κ1) is 13.2. The van der Waals surface area contributed by atoms with Gasteiger partial charge in [0.25, 0.3) is 0 Å². The van der Waals surface area contributed by atoms with Crippen molar-refractivity contribution in [1.29, 1.82) is 0 Å². The minimum atomic E-state index is 0.136. The lowest BCUT2D eigenvalue weighted by Gasteiger charge is -2.18. The second-order valence-electron chi connectivity index (χ2n) is 5.84. The predicted octanol–water partition coefficient (Wildman–Crippen LogP) is 4.77. The van der Waals surface area contributed by atoms with Gasteiger partial charge in [-0.25, -0.2) is 0 Å². The number of hydrogen-bond donors (Lipinski definition) is 1. The molecule has 3 rings (SSSR count). The van der Waals surface area contributed by atoms with Gasteiger partial charge in [0.2, 0.25) is 0 Å². The van der Waals surface area contributed by atoms with Gasteiger partial charge in [0.1, 0.15) is 0 Å². The first-order valence-corrected chi connectivity index (χ1v) is 7.15. The van der Waals surface area contributed by atoms with Gasteiger partial charge in [-0.1, -0.05) is 24.3 Å². The van der Waals surface area contributed by atoms with Crippen LogP contribution in [0.3, 0.4) is 0 Å². The summed E-state index contributed by atoms with van der Waals surface area (Å²) in [7, 11) is 0. The van der Waals surface area contributed by atoms with Crippen LogP contribution >= 0.6 is 0 Å². The van der Waals surface area contributed by atoms with E-state index in [0.717, 1.165) is 6.42 Å². The normalized spacial score (nSPS) is 22.4. The Labute approximate surface area is 120 Å². The van der Waals surface area contributed by atoms with Crippen LogP contribution in [0.5, 0.6) is 0 Å². The summed E-state index contributed by atoms with van der Waals surface area (Å²) in [5.74, 6) is 0.390. The third-order valence-corrected chi connectivity index (χ3v) is 4.02. The number of H-pyrrole nitrogens is 1. The molecule has 104 valence electrons. The van der Waals surface area contributed by atoms with E-state index >= 15 is 0 Å². The van der Waals surface area contributed by atoms with E-state index < -0.39 is 0 Å². The van der Waals surface area contributed by atoms with Crippen LogP contribution in [0, 0.1) is 5.92 Å². The molecule has 0 saturated carbocycles. The Morgan fingerprint density at radius 3 is 3.05 bits per heavy atom. The number of benzene rings is 1. The van der Waals surface area contributed by atoms with E-state index in [9.17, 15) is 0 Å². The van der Waals surface area contributed by atoms with Crippen LogP contribution in [0.4, 0.5) is 0 Å². The number of rotatable bonds is 3. The number of fused-ring (bicyclic) bond motifs is 1. The summed E-state index contributed by atoms with van der Waals surface area (Å²) in [4.78, 5) is 3.23. The van der Waals surface area contributed by atoms with Crippen molar-refractivity contribution in [3.63, 3.8) is 0 Å². The first-order chi connectivity index (χ1) is 9.65. The number of hydrogen-bond acceptors (Lipinski definition) is 1. The summed E-state index contributed by atoms with van der Waals surface area (Å²) in [6, 6.07) is 8.63. The van der Waals surface area contributed by atoms with Gasteiger partial charge >= 0.3 is 0 Å². The third kappa shape index (κ3) is 2.44. The zero-order valence-electron chi connectivity index (χ0n) is 12.1. The van der Waals surface area contributed by atoms with Gasteiger partial charge in [0.15, 0.2) is 0 Å². The van der Waals surface area contributed by atoms with E-state index in [2.05, 4.69) is 55.8 Å². The maximum atomic E-state index is 5.98. The molecule has 0 aliphatic carbocycles. The number of allylic oxidation sites excluding steroid dienone is 2. The van der Waals surface area contributed by atoms with Gasteiger partial charge in [0, 0.05) is 17.6 Å². The average molecular weight is 267 g/mol. The van der Waals surface area contributed by atoms with Crippen LogP contribution < -0.4 is 0 Å². The Kier molecular flexibility index (Phi) is 3.49. The molecule has 2 nitrogen and oxygen atoms in total. The summed E-state index contributed by atoms with van der Waals surface area (Å²) in [5, 5.41) is 1.24. The highest BCUT2D eigenvalue weighted by Crippen LogP contribution is 2.40. The standard InChI is InChI=1S/C18H21NO/c1-12(2)4-6-16-13(3)11-20-18(16)15-5-7-17-14(10-15)8-9-19-17/h4-5,7-10,16,18-19H,3,6,11H2,1-2H3. The lowest BCUT2D eigenvalue weighted by molar-refractivity contribution is 0.0918. The van der Waals surface area contributed by atoms with Crippen LogP contribution in [-0.4, -0.2) is 11.6 Å². The maximum Gasteiger partial charge on any atom is 0.0898 e. The summed E-state index contributed by atoms with van der Waals surface area (Å²) in [6.45, 7) is 9.14. The lowest BCUT2D eigenvalue weighted by atomic mass is 9.89. The minimum absolute atomic E-state index is 0.136. The van der Waals surface area contributed by atoms with Crippen molar-refractivity contribution in [3.05, 3.63) is 59.8 Å². The Balaban J connectivity index is 1.90. The van der Waals surface area contributed by atoms with E-state index in [0.29, 0.717) is 12.5 Å². The van der Waals surface area contributed by atoms with Crippen LogP contribution in [0.2, 0.25) is 0 Å². The summed E-state index contributed by atoms with van der Waals surface area (Å²) >= 11 is 0. The van der Waals surface area contributed by atoms with Crippen molar-refractivity contribution in [2.75, 3.05) is 6.61 Å². The van der Waals surface area contributed by atoms with E-state index in [-0.39, 0.29) is 6.10 Å². The zero-order chi connectivity index (χ0) is 14.1. The molecule has 2 unspecified atom stereocenters. The van der Waals surface area contributed by atoms with Gasteiger partial charge in [-0.2, -0.15) is 0 Å². The molecule has 1 aromatic heterocycles. The third-order valence-electron chi connectivity index (χ3n) is 4.02. The molecular formula is C18H21NO. The van der Waals surface area contributed by atoms with Crippen LogP contribution in [-0.2, 0) is 4.74 Å². The Morgan fingerprint density at radius 1 is 1.40 bits per heavy atom. The number of ether oxygens (including phenoxy) is 1. The van der Waals surface area contributed by atoms with Crippen LogP contribution in [0.25, 0.3) is 10.9 Å². The van der Waals surface area contributed by atoms with Crippen molar-refractivity contribution in [2.24, 2.45) is 5.92 Å². The van der Waals surface area contributed by atoms with Crippen LogP contribution in [0.15, 0.2) is 54.3 Å². The quantitative estimate of drug-likeness (QED) is 0.796. The summed E-state index contributed by atoms with van der Waals surface area (Å²) < 4.78 is 5.98. The largest absolute Gasteiger partial charge is 0.369 e. The van der Waals surface area contributed by atoms with E-state index in [1.807, 2.05) is 6.20 Å². The fraction of sp³-hybridized carbons (Fsp3) is 0.333. The second kappa shape index (κ2) is 5.29. The molecule has 2 atom stereocenters. The molecular weight excluding hydrogens is 246 g/mol. The molecule has 1 saturated heterocycles. The fourth-order valence-corrected chi connectivity index (χ4v) is 2.86. The van der Waals surface area contributed by atoms with Crippen molar-refractivity contribution >= 4 is 10.9 Å². The summed E-state index contributed by atoms with van der Waals surface area (Å²) in [5.41, 5.74) is 4.99. The molecule has 0 spiro atoms. The average Bonchev–Trinajstić information content (AvgIpc) is 3.01. The van der Waals surface area contributed by atoms with Crippen LogP contribution in [0.1, 0.15) is 31.9 Å². The topological polar surface area (TPSA) is 25.0 Å². The lowest BCUT2D eigenvalue weighted by Crippen LogP contribution is -2.08. The van der Waals surface area contributed by atoms with Gasteiger partial charge < -0.3 is 9.72 Å². The Hall–Kier alpha value is -1.80. The zero-order valence-corrected chi connectivity index (χ0v) is 12.1. The van der Waals surface area contributed by atoms with Gasteiger partial charge in [-0.3, -0.25) is 0 Å². The van der Waals surface area contributed by atoms with Crippen molar-refractivity contribution in [1.82, 2.24) is 4.98 Å². The molecule has 0 amide bonds. The van der Waals surface area contributed by atoms with Crippen molar-refractivity contribution in [3.8, 4) is 0 Å². The number of aromatic nitrogens is 1.